The van der Waals surface area contributed by atoms with E-state index in [0.29, 0.717) is 12.8 Å². The van der Waals surface area contributed by atoms with E-state index in [0.717, 1.165) is 23.3 Å². The third-order valence-corrected chi connectivity index (χ3v) is 3.39. The molecule has 0 spiro atoms. The normalized spacial score (nSPS) is 23.3. The molecule has 2 aliphatic rings. The Morgan fingerprint density at radius 2 is 2.22 bits per heavy atom. The highest BCUT2D eigenvalue weighted by Gasteiger charge is 2.40. The van der Waals surface area contributed by atoms with Crippen LogP contribution in [0.5, 0.6) is 0 Å². The summed E-state index contributed by atoms with van der Waals surface area (Å²) < 4.78 is 28.4. The van der Waals surface area contributed by atoms with Crippen LogP contribution in [0.3, 0.4) is 0 Å². The molecule has 0 saturated heterocycles. The molecule has 6 heteroatoms. The lowest BCUT2D eigenvalue weighted by molar-refractivity contribution is -0.415. The van der Waals surface area contributed by atoms with Crippen molar-refractivity contribution in [2.45, 2.75) is 19.3 Å². The Labute approximate surface area is 101 Å². The minimum atomic E-state index is -1.26. The fourth-order valence-corrected chi connectivity index (χ4v) is 2.50. The van der Waals surface area contributed by atoms with Gasteiger partial charge in [-0.2, -0.15) is 0 Å². The number of hydrogen-bond acceptors (Lipinski definition) is 2. The van der Waals surface area contributed by atoms with E-state index in [1.54, 1.807) is 6.08 Å². The number of halogens is 2. The molecule has 1 aromatic heterocycles. The Hall–Kier alpha value is -1.98. The van der Waals surface area contributed by atoms with E-state index in [1.165, 1.54) is 0 Å². The fraction of sp³-hybridized carbons (Fsp3) is 0.333. The number of nitrogens with zero attached hydrogens (tertiary/aromatic N) is 2. The van der Waals surface area contributed by atoms with Crippen LogP contribution in [-0.4, -0.2) is 21.2 Å². The molecule has 0 saturated carbocycles. The van der Waals surface area contributed by atoms with E-state index in [9.17, 15) is 18.8 Å². The first-order valence-corrected chi connectivity index (χ1v) is 5.72. The van der Waals surface area contributed by atoms with Gasteiger partial charge in [0.2, 0.25) is 11.6 Å². The van der Waals surface area contributed by atoms with Crippen LogP contribution in [0.1, 0.15) is 29.8 Å². The van der Waals surface area contributed by atoms with Gasteiger partial charge in [0.15, 0.2) is 11.5 Å². The van der Waals surface area contributed by atoms with E-state index in [1.807, 2.05) is 0 Å². The number of carbonyl (C=O) groups is 1. The van der Waals surface area contributed by atoms with Crippen molar-refractivity contribution >= 4 is 11.9 Å². The SMILES string of the molecule is O=C1C2CCCC=C2[N+]([O-])=C(F)c2c(F)ccn21. The Morgan fingerprint density at radius 3 is 3.00 bits per heavy atom. The first-order chi connectivity index (χ1) is 8.61. The molecule has 0 N–H and O–H groups in total. The average molecular weight is 252 g/mol. The monoisotopic (exact) mass is 252 g/mol. The van der Waals surface area contributed by atoms with E-state index < -0.39 is 29.3 Å². The van der Waals surface area contributed by atoms with Crippen LogP contribution < -0.4 is 0 Å². The van der Waals surface area contributed by atoms with Gasteiger partial charge in [-0.3, -0.25) is 9.36 Å². The summed E-state index contributed by atoms with van der Waals surface area (Å²) in [5, 5.41) is 11.8. The summed E-state index contributed by atoms with van der Waals surface area (Å²) in [6.45, 7) is 0. The Kier molecular flexibility index (Phi) is 2.33. The maximum Gasteiger partial charge on any atom is 0.398 e. The number of hydroxylamine groups is 1. The fourth-order valence-electron chi connectivity index (χ4n) is 2.50. The molecule has 1 aliphatic carbocycles. The molecule has 1 atom stereocenters. The zero-order valence-electron chi connectivity index (χ0n) is 9.40. The molecule has 94 valence electrons. The van der Waals surface area contributed by atoms with Crippen LogP contribution in [-0.2, 0) is 0 Å². The van der Waals surface area contributed by atoms with Crippen LogP contribution >= 0.6 is 0 Å². The first-order valence-electron chi connectivity index (χ1n) is 5.72. The second kappa shape index (κ2) is 3.76. The van der Waals surface area contributed by atoms with E-state index >= 15 is 0 Å². The number of aromatic nitrogens is 1. The topological polar surface area (TPSA) is 48.1 Å². The molecule has 2 heterocycles. The minimum absolute atomic E-state index is 0.0453. The van der Waals surface area contributed by atoms with Gasteiger partial charge in [0.25, 0.3) is 0 Å². The maximum atomic E-state index is 13.9. The standard InChI is InChI=1S/C12H10F2N2O2/c13-8-5-6-15-10(8)11(14)16(18)9-4-2-1-3-7(9)12(15)17/h4-7H,1-3H2. The minimum Gasteiger partial charge on any atom is -0.616 e. The van der Waals surface area contributed by atoms with Gasteiger partial charge in [-0.05, 0) is 31.4 Å². The van der Waals surface area contributed by atoms with Gasteiger partial charge in [-0.15, -0.1) is 9.13 Å². The molecule has 1 aromatic rings. The molecule has 3 rings (SSSR count). The van der Waals surface area contributed by atoms with Crippen molar-refractivity contribution in [2.24, 2.45) is 5.92 Å². The zero-order valence-corrected chi connectivity index (χ0v) is 9.40. The summed E-state index contributed by atoms with van der Waals surface area (Å²) in [4.78, 5) is 12.2. The van der Waals surface area contributed by atoms with Gasteiger partial charge in [0.1, 0.15) is 5.92 Å². The molecule has 0 amide bonds. The summed E-state index contributed by atoms with van der Waals surface area (Å²) >= 11 is 0. The van der Waals surface area contributed by atoms with E-state index in [-0.39, 0.29) is 10.4 Å². The van der Waals surface area contributed by atoms with Crippen LogP contribution in [0.4, 0.5) is 8.78 Å². The summed E-state index contributed by atoms with van der Waals surface area (Å²) in [5.74, 6) is -3.30. The smallest absolute Gasteiger partial charge is 0.398 e. The molecule has 0 radical (unpaired) electrons. The van der Waals surface area contributed by atoms with Crippen molar-refractivity contribution in [3.8, 4) is 0 Å². The predicted molar refractivity (Wildman–Crippen MR) is 59.3 cm³/mol. The number of rotatable bonds is 0. The average Bonchev–Trinajstić information content (AvgIpc) is 2.74. The van der Waals surface area contributed by atoms with Crippen molar-refractivity contribution < 1.29 is 18.3 Å². The maximum absolute atomic E-state index is 13.9. The highest BCUT2D eigenvalue weighted by atomic mass is 19.1. The van der Waals surface area contributed by atoms with Crippen LogP contribution in [0, 0.1) is 16.9 Å². The van der Waals surface area contributed by atoms with Crippen molar-refractivity contribution in [1.29, 1.82) is 0 Å². The lowest BCUT2D eigenvalue weighted by atomic mass is 9.91. The van der Waals surface area contributed by atoms with Crippen LogP contribution in [0.2, 0.25) is 0 Å². The van der Waals surface area contributed by atoms with Gasteiger partial charge in [0, 0.05) is 6.20 Å². The Morgan fingerprint density at radius 1 is 1.44 bits per heavy atom. The van der Waals surface area contributed by atoms with Crippen LogP contribution in [0.15, 0.2) is 24.0 Å². The molecular formula is C12H10F2N2O2. The summed E-state index contributed by atoms with van der Waals surface area (Å²) in [7, 11) is 0. The van der Waals surface area contributed by atoms with Crippen molar-refractivity contribution in [2.75, 3.05) is 0 Å². The predicted octanol–water partition coefficient (Wildman–Crippen LogP) is 2.19. The molecule has 1 unspecified atom stereocenters. The second-order valence-electron chi connectivity index (χ2n) is 4.42. The Bertz CT molecular complexity index is 601. The number of hydrogen-bond donors (Lipinski definition) is 0. The lowest BCUT2D eigenvalue weighted by Crippen LogP contribution is -2.26. The lowest BCUT2D eigenvalue weighted by Gasteiger charge is -2.18. The van der Waals surface area contributed by atoms with E-state index in [4.69, 9.17) is 0 Å². The van der Waals surface area contributed by atoms with Crippen molar-refractivity contribution in [1.82, 2.24) is 4.57 Å². The third-order valence-electron chi connectivity index (χ3n) is 3.39. The largest absolute Gasteiger partial charge is 0.616 e. The third kappa shape index (κ3) is 1.35. The van der Waals surface area contributed by atoms with Crippen molar-refractivity contribution in [3.63, 3.8) is 0 Å². The molecule has 0 aromatic carbocycles. The highest BCUT2D eigenvalue weighted by molar-refractivity contribution is 5.97. The quantitative estimate of drug-likeness (QED) is 0.525. The number of carbonyl (C=O) groups excluding carboxylic acids is 1. The molecule has 0 fully saturated rings. The molecule has 4 nitrogen and oxygen atoms in total. The highest BCUT2D eigenvalue weighted by Crippen LogP contribution is 2.31. The summed E-state index contributed by atoms with van der Waals surface area (Å²) in [5.41, 5.74) is -0.489. The first kappa shape index (κ1) is 11.1. The number of allylic oxidation sites excluding steroid dienone is 2. The molecule has 18 heavy (non-hydrogen) atoms. The van der Waals surface area contributed by atoms with Crippen molar-refractivity contribution in [3.05, 3.63) is 40.8 Å². The van der Waals surface area contributed by atoms with Gasteiger partial charge < -0.3 is 5.21 Å². The molecule has 0 bridgehead atoms. The van der Waals surface area contributed by atoms with Gasteiger partial charge in [0.05, 0.1) is 0 Å². The second-order valence-corrected chi connectivity index (χ2v) is 4.42. The van der Waals surface area contributed by atoms with Gasteiger partial charge >= 0.3 is 5.97 Å². The van der Waals surface area contributed by atoms with Crippen LogP contribution in [0.25, 0.3) is 0 Å². The van der Waals surface area contributed by atoms with Gasteiger partial charge in [-0.25, -0.2) is 4.39 Å². The summed E-state index contributed by atoms with van der Waals surface area (Å²) in [6.07, 6.45) is 4.59. The van der Waals surface area contributed by atoms with E-state index in [2.05, 4.69) is 0 Å². The zero-order chi connectivity index (χ0) is 12.9. The molecular weight excluding hydrogens is 242 g/mol. The summed E-state index contributed by atoms with van der Waals surface area (Å²) in [6, 6.07) is 0.984. The van der Waals surface area contributed by atoms with Gasteiger partial charge in [-0.1, -0.05) is 0 Å². The Balaban J connectivity index is 2.29. The number of fused-ring (bicyclic) bond motifs is 2. The molecule has 1 aliphatic heterocycles.